The van der Waals surface area contributed by atoms with Crippen molar-refractivity contribution in [2.45, 2.75) is 84.2 Å². The van der Waals surface area contributed by atoms with Gasteiger partial charge in [-0.25, -0.2) is 0 Å². The molecule has 3 aliphatic heterocycles. The predicted octanol–water partition coefficient (Wildman–Crippen LogP) is 5.22. The number of likely N-dealkylation sites (tertiary alicyclic amines) is 1. The Morgan fingerprint density at radius 2 is 1.82 bits per heavy atom. The summed E-state index contributed by atoms with van der Waals surface area (Å²) >= 11 is 0. The smallest absolute Gasteiger partial charge is 0.289 e. The lowest BCUT2D eigenvalue weighted by Gasteiger charge is -2.34. The van der Waals surface area contributed by atoms with E-state index in [4.69, 9.17) is 9.73 Å². The molecule has 1 saturated heterocycles. The van der Waals surface area contributed by atoms with Gasteiger partial charge in [0.15, 0.2) is 5.84 Å². The second-order valence-electron chi connectivity index (χ2n) is 14.3. The van der Waals surface area contributed by atoms with Gasteiger partial charge in [0.2, 0.25) is 5.91 Å². The molecule has 0 bridgehead atoms. The molecule has 5 rings (SSSR count). The fourth-order valence-electron chi connectivity index (χ4n) is 7.23. The van der Waals surface area contributed by atoms with Crippen LogP contribution in [0.2, 0.25) is 0 Å². The number of hydrogen-bond acceptors (Lipinski definition) is 7. The minimum atomic E-state index is -0.291. The zero-order chi connectivity index (χ0) is 35.1. The number of amides is 3. The Hall–Kier alpha value is -3.76. The highest BCUT2D eigenvalue weighted by Crippen LogP contribution is 2.37. The summed E-state index contributed by atoms with van der Waals surface area (Å²) in [6.07, 6.45) is 11.7. The maximum absolute atomic E-state index is 13.3. The number of allylic oxidation sites excluding steroid dienone is 3. The number of rotatable bonds is 13. The van der Waals surface area contributed by atoms with Crippen molar-refractivity contribution >= 4 is 29.2 Å². The van der Waals surface area contributed by atoms with Crippen molar-refractivity contribution < 1.29 is 24.2 Å². The molecule has 1 saturated carbocycles. The molecular formula is C39H55N5O5. The maximum Gasteiger partial charge on any atom is 0.289 e. The number of ether oxygens (including phenoxy) is 1. The maximum atomic E-state index is 13.3. The van der Waals surface area contributed by atoms with Crippen LogP contribution in [-0.2, 0) is 14.3 Å². The lowest BCUT2D eigenvalue weighted by atomic mass is 9.95. The van der Waals surface area contributed by atoms with E-state index >= 15 is 0 Å². The quantitative estimate of drug-likeness (QED) is 0.278. The summed E-state index contributed by atoms with van der Waals surface area (Å²) in [5, 5.41) is 13.1. The number of carbonyl (C=O) groups excluding carboxylic acids is 3. The van der Waals surface area contributed by atoms with Crippen molar-refractivity contribution in [3.05, 3.63) is 64.3 Å². The number of benzene rings is 1. The third kappa shape index (κ3) is 9.28. The molecule has 49 heavy (non-hydrogen) atoms. The van der Waals surface area contributed by atoms with Crippen molar-refractivity contribution in [3.8, 4) is 0 Å². The second-order valence-corrected chi connectivity index (χ2v) is 14.3. The van der Waals surface area contributed by atoms with E-state index in [1.807, 2.05) is 28.9 Å². The van der Waals surface area contributed by atoms with E-state index in [0.29, 0.717) is 36.1 Å². The normalized spacial score (nSPS) is 22.1. The van der Waals surface area contributed by atoms with E-state index in [1.54, 1.807) is 31.2 Å². The van der Waals surface area contributed by atoms with Gasteiger partial charge in [-0.05, 0) is 119 Å². The number of aliphatic hydroxyl groups is 1. The average molecular weight is 674 g/mol. The number of amidine groups is 1. The lowest BCUT2D eigenvalue weighted by Crippen LogP contribution is -2.46. The summed E-state index contributed by atoms with van der Waals surface area (Å²) in [6.45, 7) is 9.57. The molecule has 4 aliphatic rings. The number of carbonyl (C=O) groups is 3. The first-order valence-electron chi connectivity index (χ1n) is 18.1. The molecule has 10 heteroatoms. The van der Waals surface area contributed by atoms with Crippen molar-refractivity contribution in [2.24, 2.45) is 16.8 Å². The summed E-state index contributed by atoms with van der Waals surface area (Å²) in [5.41, 5.74) is 5.71. The highest BCUT2D eigenvalue weighted by atomic mass is 16.5. The van der Waals surface area contributed by atoms with Crippen molar-refractivity contribution in [1.29, 1.82) is 0 Å². The fraction of sp³-hybridized carbons (Fsp3) is 0.590. The van der Waals surface area contributed by atoms with E-state index < -0.39 is 0 Å². The van der Waals surface area contributed by atoms with Crippen molar-refractivity contribution in [2.75, 3.05) is 58.9 Å². The highest BCUT2D eigenvalue weighted by molar-refractivity contribution is 6.42. The van der Waals surface area contributed by atoms with Gasteiger partial charge in [-0.15, -0.1) is 0 Å². The minimum absolute atomic E-state index is 0.0125. The third-order valence-electron chi connectivity index (χ3n) is 10.6. The van der Waals surface area contributed by atoms with E-state index in [1.165, 1.54) is 24.0 Å². The Bertz CT molecular complexity index is 1480. The largest absolute Gasteiger partial charge is 0.396 e. The summed E-state index contributed by atoms with van der Waals surface area (Å²) in [4.78, 5) is 49.9. The summed E-state index contributed by atoms with van der Waals surface area (Å²) in [7, 11) is 3.48. The van der Waals surface area contributed by atoms with Gasteiger partial charge in [-0.3, -0.25) is 19.4 Å². The first-order valence-corrected chi connectivity index (χ1v) is 18.1. The fourth-order valence-corrected chi connectivity index (χ4v) is 7.23. The Morgan fingerprint density at radius 3 is 2.47 bits per heavy atom. The number of aliphatic imine (C=N–C) groups is 1. The van der Waals surface area contributed by atoms with E-state index in [2.05, 4.69) is 31.3 Å². The number of anilines is 1. The van der Waals surface area contributed by atoms with Crippen LogP contribution in [0.25, 0.3) is 0 Å². The first-order chi connectivity index (χ1) is 23.6. The predicted molar refractivity (Wildman–Crippen MR) is 193 cm³/mol. The van der Waals surface area contributed by atoms with Crippen LogP contribution in [0.4, 0.5) is 5.69 Å². The SMILES string of the molecule is COCC1CCN(C(=O)c2ccc(NC3=NC(/C(=C/CCC(C)N4CCC(C=C(C)C5CC5)=C(C)C4=O)CCO)CN(C)C3=O)cc2)CC1. The molecule has 0 aromatic heterocycles. The standard InChI is InChI=1S/C39H55N5O5/c1-26(30-9-10-30)23-33-17-21-44(37(46)28(33)3)27(2)7-6-8-31(18-22-45)35-24-42(4)39(48)36(41-35)40-34-13-11-32(12-14-34)38(47)43-19-15-29(16-20-43)25-49-5/h8,11-14,23,27,29-30,35,45H,6-7,9-10,15-22,24-25H2,1-5H3,(H,40,41)/b26-23?,31-8+. The molecule has 0 radical (unpaired) electrons. The van der Waals surface area contributed by atoms with Crippen LogP contribution in [-0.4, -0.2) is 109 Å². The Kier molecular flexibility index (Phi) is 12.5. The molecule has 1 aliphatic carbocycles. The van der Waals surface area contributed by atoms with Gasteiger partial charge in [0.1, 0.15) is 0 Å². The number of hydrogen-bond donors (Lipinski definition) is 2. The molecule has 3 heterocycles. The van der Waals surface area contributed by atoms with E-state index in [9.17, 15) is 19.5 Å². The molecule has 2 fully saturated rings. The first kappa shape index (κ1) is 36.5. The van der Waals surface area contributed by atoms with Crippen LogP contribution in [0.15, 0.2) is 63.7 Å². The van der Waals surface area contributed by atoms with Crippen LogP contribution < -0.4 is 5.32 Å². The van der Waals surface area contributed by atoms with Gasteiger partial charge in [0, 0.05) is 76.4 Å². The zero-order valence-electron chi connectivity index (χ0n) is 30.0. The summed E-state index contributed by atoms with van der Waals surface area (Å²) in [5.74, 6) is 1.37. The minimum Gasteiger partial charge on any atom is -0.396 e. The van der Waals surface area contributed by atoms with Crippen LogP contribution in [0.1, 0.15) is 82.5 Å². The second kappa shape index (κ2) is 16.8. The molecule has 1 aromatic rings. The summed E-state index contributed by atoms with van der Waals surface area (Å²) < 4.78 is 5.28. The molecule has 2 N–H and O–H groups in total. The van der Waals surface area contributed by atoms with Gasteiger partial charge in [0.05, 0.1) is 6.04 Å². The third-order valence-corrected chi connectivity index (χ3v) is 10.6. The average Bonchev–Trinajstić information content (AvgIpc) is 3.95. The van der Waals surface area contributed by atoms with Crippen molar-refractivity contribution in [1.82, 2.24) is 14.7 Å². The van der Waals surface area contributed by atoms with Crippen LogP contribution in [0, 0.1) is 11.8 Å². The van der Waals surface area contributed by atoms with Crippen LogP contribution >= 0.6 is 0 Å². The Morgan fingerprint density at radius 1 is 1.10 bits per heavy atom. The number of nitrogens with zero attached hydrogens (tertiary/aromatic N) is 4. The van der Waals surface area contributed by atoms with Crippen LogP contribution in [0.5, 0.6) is 0 Å². The van der Waals surface area contributed by atoms with Gasteiger partial charge in [0.25, 0.3) is 11.8 Å². The Labute approximate surface area is 291 Å². The van der Waals surface area contributed by atoms with E-state index in [0.717, 1.165) is 69.5 Å². The van der Waals surface area contributed by atoms with Gasteiger partial charge >= 0.3 is 0 Å². The molecule has 10 nitrogen and oxygen atoms in total. The van der Waals surface area contributed by atoms with Gasteiger partial charge < -0.3 is 29.9 Å². The Balaban J connectivity index is 1.19. The molecule has 2 atom stereocenters. The zero-order valence-corrected chi connectivity index (χ0v) is 30.0. The van der Waals surface area contributed by atoms with E-state index in [-0.39, 0.29) is 42.2 Å². The molecular weight excluding hydrogens is 618 g/mol. The molecule has 0 spiro atoms. The topological polar surface area (TPSA) is 115 Å². The number of piperidine rings is 1. The monoisotopic (exact) mass is 673 g/mol. The number of methoxy groups -OCH3 is 1. The van der Waals surface area contributed by atoms with Crippen LogP contribution in [0.3, 0.4) is 0 Å². The number of likely N-dealkylation sites (N-methyl/N-ethyl adjacent to an activating group) is 1. The molecule has 3 amide bonds. The highest BCUT2D eigenvalue weighted by Gasteiger charge is 2.31. The summed E-state index contributed by atoms with van der Waals surface area (Å²) in [6, 6.07) is 6.98. The number of aliphatic hydroxyl groups excluding tert-OH is 1. The van der Waals surface area contributed by atoms with Gasteiger partial charge in [-0.2, -0.15) is 0 Å². The molecule has 1 aromatic carbocycles. The molecule has 2 unspecified atom stereocenters. The van der Waals surface area contributed by atoms with Crippen molar-refractivity contribution in [3.63, 3.8) is 0 Å². The van der Waals surface area contributed by atoms with Gasteiger partial charge in [-0.1, -0.05) is 17.7 Å². The lowest BCUT2D eigenvalue weighted by molar-refractivity contribution is -0.130. The molecule has 266 valence electrons. The number of nitrogens with one attached hydrogen (secondary N) is 1.